The average Bonchev–Trinajstić information content (AvgIpc) is 2.29. The van der Waals surface area contributed by atoms with E-state index in [1.807, 2.05) is 0 Å². The number of carboxylic acids is 1. The van der Waals surface area contributed by atoms with E-state index in [2.05, 4.69) is 9.97 Å². The first-order valence-electron chi connectivity index (χ1n) is 4.65. The van der Waals surface area contributed by atoms with Gasteiger partial charge in [0.1, 0.15) is 5.75 Å². The number of ether oxygens (including phenoxy) is 1. The standard InChI is InChI=1S/C11H7ClN2O3/c12-11-13-6-5-9(14-11)17-8-3-1-7(2-4-8)10(15)16/h1-6H,(H,15,16). The van der Waals surface area contributed by atoms with Crippen molar-refractivity contribution in [2.45, 2.75) is 0 Å². The van der Waals surface area contributed by atoms with Crippen LogP contribution >= 0.6 is 11.6 Å². The fourth-order valence-corrected chi connectivity index (χ4v) is 1.30. The lowest BCUT2D eigenvalue weighted by Gasteiger charge is -2.04. The second kappa shape index (κ2) is 4.80. The molecule has 0 radical (unpaired) electrons. The number of aromatic nitrogens is 2. The molecule has 1 aromatic carbocycles. The van der Waals surface area contributed by atoms with Crippen LogP contribution in [0.3, 0.4) is 0 Å². The molecular weight excluding hydrogens is 244 g/mol. The SMILES string of the molecule is O=C(O)c1ccc(Oc2ccnc(Cl)n2)cc1. The Morgan fingerprint density at radius 2 is 1.94 bits per heavy atom. The molecule has 0 unspecified atom stereocenters. The Labute approximate surface area is 102 Å². The molecule has 5 nitrogen and oxygen atoms in total. The van der Waals surface area contributed by atoms with E-state index in [0.29, 0.717) is 11.6 Å². The van der Waals surface area contributed by atoms with Crippen LogP contribution in [0.25, 0.3) is 0 Å². The molecule has 1 heterocycles. The Morgan fingerprint density at radius 1 is 1.24 bits per heavy atom. The maximum absolute atomic E-state index is 10.6. The van der Waals surface area contributed by atoms with E-state index in [9.17, 15) is 4.79 Å². The number of carboxylic acid groups (broad SMARTS) is 1. The minimum Gasteiger partial charge on any atom is -0.478 e. The van der Waals surface area contributed by atoms with Crippen molar-refractivity contribution in [2.75, 3.05) is 0 Å². The van der Waals surface area contributed by atoms with Gasteiger partial charge in [0.25, 0.3) is 0 Å². The zero-order chi connectivity index (χ0) is 12.3. The summed E-state index contributed by atoms with van der Waals surface area (Å²) in [5.41, 5.74) is 0.193. The van der Waals surface area contributed by atoms with Gasteiger partial charge in [0, 0.05) is 12.3 Å². The summed E-state index contributed by atoms with van der Waals surface area (Å²) in [6, 6.07) is 7.52. The van der Waals surface area contributed by atoms with E-state index in [1.54, 1.807) is 18.2 Å². The van der Waals surface area contributed by atoms with E-state index in [1.165, 1.54) is 18.3 Å². The van der Waals surface area contributed by atoms with Gasteiger partial charge in [-0.2, -0.15) is 4.98 Å². The van der Waals surface area contributed by atoms with Crippen LogP contribution in [-0.4, -0.2) is 21.0 Å². The summed E-state index contributed by atoms with van der Waals surface area (Å²) in [5.74, 6) is -0.209. The first-order chi connectivity index (χ1) is 8.15. The van der Waals surface area contributed by atoms with Crippen LogP contribution in [0.5, 0.6) is 11.6 Å². The van der Waals surface area contributed by atoms with E-state index >= 15 is 0 Å². The summed E-state index contributed by atoms with van der Waals surface area (Å²) >= 11 is 5.60. The monoisotopic (exact) mass is 250 g/mol. The molecule has 0 amide bonds. The Bertz CT molecular complexity index is 543. The van der Waals surface area contributed by atoms with Gasteiger partial charge in [-0.15, -0.1) is 0 Å². The molecular formula is C11H7ClN2O3. The summed E-state index contributed by atoms with van der Waals surface area (Å²) < 4.78 is 5.37. The molecule has 0 spiro atoms. The van der Waals surface area contributed by atoms with Gasteiger partial charge in [-0.05, 0) is 35.9 Å². The topological polar surface area (TPSA) is 72.3 Å². The zero-order valence-corrected chi connectivity index (χ0v) is 9.26. The maximum atomic E-state index is 10.6. The highest BCUT2D eigenvalue weighted by Gasteiger charge is 2.03. The van der Waals surface area contributed by atoms with Gasteiger partial charge >= 0.3 is 5.97 Å². The maximum Gasteiger partial charge on any atom is 0.335 e. The van der Waals surface area contributed by atoms with Crippen molar-refractivity contribution in [1.29, 1.82) is 0 Å². The molecule has 0 atom stereocenters. The predicted octanol–water partition coefficient (Wildman–Crippen LogP) is 2.62. The summed E-state index contributed by atoms with van der Waals surface area (Å²) in [6.07, 6.45) is 1.47. The Balaban J connectivity index is 2.16. The molecule has 0 bridgehead atoms. The zero-order valence-electron chi connectivity index (χ0n) is 8.50. The minimum atomic E-state index is -0.985. The van der Waals surface area contributed by atoms with Crippen molar-refractivity contribution in [3.05, 3.63) is 47.4 Å². The van der Waals surface area contributed by atoms with E-state index in [-0.39, 0.29) is 10.8 Å². The molecule has 0 aliphatic rings. The average molecular weight is 251 g/mol. The van der Waals surface area contributed by atoms with Crippen molar-refractivity contribution in [3.63, 3.8) is 0 Å². The van der Waals surface area contributed by atoms with Crippen molar-refractivity contribution < 1.29 is 14.6 Å². The normalized spacial score (nSPS) is 9.94. The Hall–Kier alpha value is -2.14. The fraction of sp³-hybridized carbons (Fsp3) is 0. The molecule has 0 saturated heterocycles. The number of aromatic carboxylic acids is 1. The lowest BCUT2D eigenvalue weighted by atomic mass is 10.2. The van der Waals surface area contributed by atoms with Crippen LogP contribution in [0, 0.1) is 0 Å². The lowest BCUT2D eigenvalue weighted by Crippen LogP contribution is -1.95. The van der Waals surface area contributed by atoms with Crippen LogP contribution in [0.1, 0.15) is 10.4 Å². The second-order valence-electron chi connectivity index (χ2n) is 3.10. The summed E-state index contributed by atoms with van der Waals surface area (Å²) in [5, 5.41) is 8.81. The third kappa shape index (κ3) is 2.92. The highest BCUT2D eigenvalue weighted by atomic mass is 35.5. The van der Waals surface area contributed by atoms with Gasteiger partial charge in [0.05, 0.1) is 5.56 Å². The molecule has 0 aliphatic carbocycles. The molecule has 1 aromatic heterocycles. The van der Waals surface area contributed by atoms with Crippen molar-refractivity contribution in [1.82, 2.24) is 9.97 Å². The van der Waals surface area contributed by atoms with E-state index in [0.717, 1.165) is 0 Å². The second-order valence-corrected chi connectivity index (χ2v) is 3.43. The number of hydrogen-bond donors (Lipinski definition) is 1. The van der Waals surface area contributed by atoms with Crippen LogP contribution in [0.2, 0.25) is 5.28 Å². The van der Waals surface area contributed by atoms with E-state index < -0.39 is 5.97 Å². The van der Waals surface area contributed by atoms with Crippen molar-refractivity contribution in [2.24, 2.45) is 0 Å². The van der Waals surface area contributed by atoms with Crippen LogP contribution < -0.4 is 4.74 Å². The molecule has 6 heteroatoms. The van der Waals surface area contributed by atoms with Gasteiger partial charge in [0.15, 0.2) is 0 Å². The molecule has 0 aliphatic heterocycles. The number of rotatable bonds is 3. The fourth-order valence-electron chi connectivity index (χ4n) is 1.16. The smallest absolute Gasteiger partial charge is 0.335 e. The summed E-state index contributed by atoms with van der Waals surface area (Å²) in [6.45, 7) is 0. The van der Waals surface area contributed by atoms with Gasteiger partial charge in [-0.3, -0.25) is 0 Å². The third-order valence-corrected chi connectivity index (χ3v) is 2.11. The summed E-state index contributed by atoms with van der Waals surface area (Å²) in [7, 11) is 0. The molecule has 0 fully saturated rings. The largest absolute Gasteiger partial charge is 0.478 e. The number of halogens is 1. The Kier molecular flexibility index (Phi) is 3.20. The van der Waals surface area contributed by atoms with Gasteiger partial charge < -0.3 is 9.84 Å². The number of nitrogens with zero attached hydrogens (tertiary/aromatic N) is 2. The van der Waals surface area contributed by atoms with Crippen molar-refractivity contribution >= 4 is 17.6 Å². The number of carbonyl (C=O) groups is 1. The van der Waals surface area contributed by atoms with Gasteiger partial charge in [-0.25, -0.2) is 9.78 Å². The molecule has 1 N–H and O–H groups in total. The number of hydrogen-bond acceptors (Lipinski definition) is 4. The molecule has 17 heavy (non-hydrogen) atoms. The van der Waals surface area contributed by atoms with Crippen molar-refractivity contribution in [3.8, 4) is 11.6 Å². The van der Waals surface area contributed by atoms with Crippen LogP contribution in [-0.2, 0) is 0 Å². The molecule has 86 valence electrons. The first-order valence-corrected chi connectivity index (χ1v) is 5.03. The predicted molar refractivity (Wildman–Crippen MR) is 60.5 cm³/mol. The molecule has 0 saturated carbocycles. The van der Waals surface area contributed by atoms with Crippen LogP contribution in [0.15, 0.2) is 36.5 Å². The van der Waals surface area contributed by atoms with Crippen LogP contribution in [0.4, 0.5) is 0 Å². The van der Waals surface area contributed by atoms with Gasteiger partial charge in [-0.1, -0.05) is 0 Å². The first kappa shape index (κ1) is 11.3. The molecule has 2 rings (SSSR count). The lowest BCUT2D eigenvalue weighted by molar-refractivity contribution is 0.0697. The molecule has 2 aromatic rings. The highest BCUT2D eigenvalue weighted by molar-refractivity contribution is 6.28. The van der Waals surface area contributed by atoms with E-state index in [4.69, 9.17) is 21.4 Å². The Morgan fingerprint density at radius 3 is 2.53 bits per heavy atom. The quantitative estimate of drug-likeness (QED) is 0.848. The third-order valence-electron chi connectivity index (χ3n) is 1.92. The highest BCUT2D eigenvalue weighted by Crippen LogP contribution is 2.20. The summed E-state index contributed by atoms with van der Waals surface area (Å²) in [4.78, 5) is 18.2. The minimum absolute atomic E-state index is 0.0876. The van der Waals surface area contributed by atoms with Gasteiger partial charge in [0.2, 0.25) is 11.2 Å². The number of benzene rings is 1.